The topological polar surface area (TPSA) is 124 Å². The fourth-order valence-electron chi connectivity index (χ4n) is 3.51. The third kappa shape index (κ3) is 2.82. The Balaban J connectivity index is 3.36. The van der Waals surface area contributed by atoms with Crippen molar-refractivity contribution in [3.8, 4) is 0 Å². The van der Waals surface area contributed by atoms with Gasteiger partial charge in [0, 0.05) is 5.41 Å². The number of carbonyl (C=O) groups is 3. The summed E-state index contributed by atoms with van der Waals surface area (Å²) in [6.07, 6.45) is 1.84. The maximum Gasteiger partial charge on any atom is 0.333 e. The van der Waals surface area contributed by atoms with Crippen LogP contribution in [0.2, 0.25) is 0 Å². The average Bonchev–Trinajstić information content (AvgIpc) is 2.38. The van der Waals surface area contributed by atoms with E-state index in [9.17, 15) is 29.7 Å². The third-order valence-electron chi connectivity index (χ3n) is 5.26. The van der Waals surface area contributed by atoms with Gasteiger partial charge in [-0.25, -0.2) is 0 Å². The minimum absolute atomic E-state index is 0.117. The summed E-state index contributed by atoms with van der Waals surface area (Å²) in [7, 11) is 0. The summed E-state index contributed by atoms with van der Waals surface area (Å²) in [5.41, 5.74) is -4.23. The third-order valence-corrected chi connectivity index (χ3v) is 5.26. The summed E-state index contributed by atoms with van der Waals surface area (Å²) in [6, 6.07) is 0. The summed E-state index contributed by atoms with van der Waals surface area (Å²) < 4.78 is 0. The van der Waals surface area contributed by atoms with E-state index in [2.05, 4.69) is 5.32 Å². The van der Waals surface area contributed by atoms with Gasteiger partial charge in [0.1, 0.15) is 0 Å². The molecule has 4 N–H and O–H groups in total. The van der Waals surface area contributed by atoms with Crippen LogP contribution in [0.4, 0.5) is 0 Å². The van der Waals surface area contributed by atoms with E-state index in [1.807, 2.05) is 0 Å². The van der Waals surface area contributed by atoms with Crippen molar-refractivity contribution in [3.05, 3.63) is 0 Å². The van der Waals surface area contributed by atoms with E-state index >= 15 is 0 Å². The molecule has 1 atom stereocenters. The van der Waals surface area contributed by atoms with Crippen LogP contribution in [0.25, 0.3) is 0 Å². The van der Waals surface area contributed by atoms with Crippen molar-refractivity contribution in [1.29, 1.82) is 0 Å². The molecule has 1 unspecified atom stereocenters. The van der Waals surface area contributed by atoms with Gasteiger partial charge in [-0.2, -0.15) is 0 Å². The van der Waals surface area contributed by atoms with Crippen molar-refractivity contribution in [2.45, 2.75) is 40.0 Å². The van der Waals surface area contributed by atoms with Crippen molar-refractivity contribution in [3.63, 3.8) is 0 Å². The molecule has 0 saturated carbocycles. The van der Waals surface area contributed by atoms with E-state index in [0.717, 1.165) is 25.9 Å². The second-order valence-electron chi connectivity index (χ2n) is 6.64. The fraction of sp³-hybridized carbons (Fsp3) is 0.800. The van der Waals surface area contributed by atoms with Crippen molar-refractivity contribution in [1.82, 2.24) is 5.32 Å². The highest BCUT2D eigenvalue weighted by Crippen LogP contribution is 2.51. The summed E-state index contributed by atoms with van der Waals surface area (Å²) in [5, 5.41) is 31.7. The minimum atomic E-state index is -2.84. The number of carboxylic acid groups (broad SMARTS) is 3. The van der Waals surface area contributed by atoms with Gasteiger partial charge in [0.15, 0.2) is 0 Å². The molecule has 0 aliphatic carbocycles. The highest BCUT2D eigenvalue weighted by Gasteiger charge is 2.67. The van der Waals surface area contributed by atoms with Crippen LogP contribution >= 0.6 is 0 Å². The molecule has 0 aromatic rings. The summed E-state index contributed by atoms with van der Waals surface area (Å²) in [4.78, 5) is 35.2. The zero-order chi connectivity index (χ0) is 17.1. The van der Waals surface area contributed by atoms with Crippen LogP contribution in [-0.2, 0) is 14.4 Å². The van der Waals surface area contributed by atoms with E-state index < -0.39 is 34.7 Å². The minimum Gasteiger partial charge on any atom is -0.480 e. The van der Waals surface area contributed by atoms with Crippen LogP contribution in [-0.4, -0.2) is 46.3 Å². The zero-order valence-electron chi connectivity index (χ0n) is 13.3. The van der Waals surface area contributed by atoms with Gasteiger partial charge < -0.3 is 20.6 Å². The molecule has 1 rings (SSSR count). The van der Waals surface area contributed by atoms with Gasteiger partial charge in [-0.3, -0.25) is 14.4 Å². The standard InChI is InChI=1S/C15H25NO6/c1-9(2)14(3,8-10-4-6-16-7-5-10)15(11(17)18,12(19)20)13(21)22/h9-10,16H,4-8H2,1-3H3,(H,17,18)(H,19,20)(H,21,22). The molecule has 0 radical (unpaired) electrons. The predicted molar refractivity (Wildman–Crippen MR) is 78.5 cm³/mol. The molecule has 0 amide bonds. The molecule has 22 heavy (non-hydrogen) atoms. The summed E-state index contributed by atoms with van der Waals surface area (Å²) >= 11 is 0. The highest BCUT2D eigenvalue weighted by atomic mass is 16.4. The first-order valence-corrected chi connectivity index (χ1v) is 7.51. The first-order chi connectivity index (χ1) is 10.1. The Morgan fingerprint density at radius 1 is 1.05 bits per heavy atom. The number of nitrogens with one attached hydrogen (secondary N) is 1. The van der Waals surface area contributed by atoms with E-state index in [-0.39, 0.29) is 12.3 Å². The first kappa shape index (κ1) is 18.4. The molecular formula is C15H25NO6. The Morgan fingerprint density at radius 3 is 1.77 bits per heavy atom. The zero-order valence-corrected chi connectivity index (χ0v) is 13.3. The number of aliphatic carboxylic acids is 3. The second kappa shape index (κ2) is 6.64. The molecule has 1 heterocycles. The normalized spacial score (nSPS) is 19.6. The summed E-state index contributed by atoms with van der Waals surface area (Å²) in [5.74, 6) is -5.72. The molecule has 1 aliphatic heterocycles. The number of carboxylic acids is 3. The van der Waals surface area contributed by atoms with Crippen LogP contribution < -0.4 is 5.32 Å². The smallest absolute Gasteiger partial charge is 0.333 e. The highest BCUT2D eigenvalue weighted by molar-refractivity contribution is 6.17. The quantitative estimate of drug-likeness (QED) is 0.522. The van der Waals surface area contributed by atoms with Gasteiger partial charge >= 0.3 is 17.9 Å². The molecule has 126 valence electrons. The predicted octanol–water partition coefficient (Wildman–Crippen LogP) is 1.28. The number of piperidine rings is 1. The van der Waals surface area contributed by atoms with Gasteiger partial charge in [0.05, 0.1) is 0 Å². The van der Waals surface area contributed by atoms with E-state index in [1.54, 1.807) is 13.8 Å². The Bertz CT molecular complexity index is 419. The number of hydrogen-bond donors (Lipinski definition) is 4. The Kier molecular flexibility index (Phi) is 5.56. The lowest BCUT2D eigenvalue weighted by molar-refractivity contribution is -0.191. The number of rotatable bonds is 7. The average molecular weight is 315 g/mol. The van der Waals surface area contributed by atoms with Crippen molar-refractivity contribution >= 4 is 17.9 Å². The molecule has 7 nitrogen and oxygen atoms in total. The monoisotopic (exact) mass is 315 g/mol. The van der Waals surface area contributed by atoms with E-state index in [1.165, 1.54) is 6.92 Å². The molecular weight excluding hydrogens is 290 g/mol. The summed E-state index contributed by atoms with van der Waals surface area (Å²) in [6.45, 7) is 6.41. The van der Waals surface area contributed by atoms with Gasteiger partial charge in [-0.1, -0.05) is 20.8 Å². The van der Waals surface area contributed by atoms with Gasteiger partial charge in [0.2, 0.25) is 0 Å². The molecule has 1 fully saturated rings. The van der Waals surface area contributed by atoms with E-state index in [4.69, 9.17) is 0 Å². The molecule has 7 heteroatoms. The Morgan fingerprint density at radius 2 is 1.45 bits per heavy atom. The van der Waals surface area contributed by atoms with Gasteiger partial charge in [-0.05, 0) is 44.2 Å². The second-order valence-corrected chi connectivity index (χ2v) is 6.64. The molecule has 1 aliphatic rings. The van der Waals surface area contributed by atoms with Crippen LogP contribution in [0.1, 0.15) is 40.0 Å². The lowest BCUT2D eigenvalue weighted by Gasteiger charge is -2.45. The van der Waals surface area contributed by atoms with Crippen molar-refractivity contribution < 1.29 is 29.7 Å². The van der Waals surface area contributed by atoms with Crippen molar-refractivity contribution in [2.24, 2.45) is 22.7 Å². The van der Waals surface area contributed by atoms with Crippen LogP contribution in [0.15, 0.2) is 0 Å². The lowest BCUT2D eigenvalue weighted by atomic mass is 9.55. The maximum absolute atomic E-state index is 11.7. The van der Waals surface area contributed by atoms with E-state index in [0.29, 0.717) is 0 Å². The van der Waals surface area contributed by atoms with Crippen LogP contribution in [0, 0.1) is 22.7 Å². The maximum atomic E-state index is 11.7. The lowest BCUT2D eigenvalue weighted by Crippen LogP contribution is -2.60. The van der Waals surface area contributed by atoms with Gasteiger partial charge in [-0.15, -0.1) is 0 Å². The molecule has 0 spiro atoms. The molecule has 0 aromatic heterocycles. The fourth-order valence-corrected chi connectivity index (χ4v) is 3.51. The molecule has 1 saturated heterocycles. The SMILES string of the molecule is CC(C)C(C)(CC1CCNCC1)C(C(=O)O)(C(=O)O)C(=O)O. The largest absolute Gasteiger partial charge is 0.480 e. The van der Waals surface area contributed by atoms with Crippen LogP contribution in [0.3, 0.4) is 0 Å². The Labute approximate surface area is 129 Å². The van der Waals surface area contributed by atoms with Crippen molar-refractivity contribution in [2.75, 3.05) is 13.1 Å². The van der Waals surface area contributed by atoms with Gasteiger partial charge in [0.25, 0.3) is 5.41 Å². The molecule has 0 aromatic carbocycles. The first-order valence-electron chi connectivity index (χ1n) is 7.51. The number of hydrogen-bond acceptors (Lipinski definition) is 4. The molecule has 0 bridgehead atoms. The van der Waals surface area contributed by atoms with Crippen LogP contribution in [0.5, 0.6) is 0 Å². The Hall–Kier alpha value is -1.63.